The van der Waals surface area contributed by atoms with Crippen LogP contribution in [-0.2, 0) is 14.8 Å². The Morgan fingerprint density at radius 1 is 1.12 bits per heavy atom. The molecule has 1 aliphatic heterocycles. The summed E-state index contributed by atoms with van der Waals surface area (Å²) in [6.45, 7) is 0. The molecule has 0 unspecified atom stereocenters. The van der Waals surface area contributed by atoms with E-state index >= 15 is 0 Å². The third-order valence-corrected chi connectivity index (χ3v) is 4.58. The molecular formula is C16H14N2O5S. The lowest BCUT2D eigenvalue weighted by molar-refractivity contribution is -0.385. The highest BCUT2D eigenvalue weighted by Gasteiger charge is 2.34. The van der Waals surface area contributed by atoms with Gasteiger partial charge in [0.1, 0.15) is 5.76 Å². The molecule has 2 aromatic rings. The molecule has 24 heavy (non-hydrogen) atoms. The summed E-state index contributed by atoms with van der Waals surface area (Å²) in [5, 5.41) is 11.0. The second-order valence-corrected chi connectivity index (χ2v) is 7.16. The van der Waals surface area contributed by atoms with Gasteiger partial charge in [-0.1, -0.05) is 42.5 Å². The zero-order valence-corrected chi connectivity index (χ0v) is 13.5. The van der Waals surface area contributed by atoms with Gasteiger partial charge in [0.15, 0.2) is 0 Å². The Labute approximate surface area is 139 Å². The average Bonchev–Trinajstić information content (AvgIpc) is 3.01. The molecule has 0 radical (unpaired) electrons. The molecule has 0 fully saturated rings. The van der Waals surface area contributed by atoms with E-state index in [1.54, 1.807) is 18.2 Å². The third kappa shape index (κ3) is 3.09. The van der Waals surface area contributed by atoms with Crippen molar-refractivity contribution in [2.45, 2.75) is 6.23 Å². The van der Waals surface area contributed by atoms with E-state index in [1.807, 2.05) is 18.2 Å². The maximum absolute atomic E-state index is 12.1. The number of nitro groups is 1. The highest BCUT2D eigenvalue weighted by molar-refractivity contribution is 7.88. The highest BCUT2D eigenvalue weighted by atomic mass is 32.2. The molecule has 0 N–H and O–H groups in total. The summed E-state index contributed by atoms with van der Waals surface area (Å²) < 4.78 is 31.0. The minimum Gasteiger partial charge on any atom is -0.463 e. The number of benzene rings is 2. The Morgan fingerprint density at radius 3 is 2.46 bits per heavy atom. The fourth-order valence-electron chi connectivity index (χ4n) is 2.41. The van der Waals surface area contributed by atoms with Crippen LogP contribution in [0.3, 0.4) is 0 Å². The molecule has 0 saturated carbocycles. The Kier molecular flexibility index (Phi) is 3.98. The number of hydrogen-bond acceptors (Lipinski definition) is 5. The molecule has 0 aliphatic carbocycles. The van der Waals surface area contributed by atoms with E-state index in [0.717, 1.165) is 16.1 Å². The lowest BCUT2D eigenvalue weighted by Crippen LogP contribution is -2.26. The molecule has 8 heteroatoms. The van der Waals surface area contributed by atoms with Crippen molar-refractivity contribution in [3.63, 3.8) is 0 Å². The second kappa shape index (κ2) is 5.97. The topological polar surface area (TPSA) is 89.8 Å². The second-order valence-electron chi connectivity index (χ2n) is 5.27. The van der Waals surface area contributed by atoms with Crippen molar-refractivity contribution in [1.82, 2.24) is 4.31 Å². The predicted octanol–water partition coefficient (Wildman–Crippen LogP) is 2.88. The summed E-state index contributed by atoms with van der Waals surface area (Å²) in [4.78, 5) is 10.4. The summed E-state index contributed by atoms with van der Waals surface area (Å²) in [5.41, 5.74) is 0.980. The van der Waals surface area contributed by atoms with Crippen LogP contribution in [0, 0.1) is 10.1 Å². The van der Waals surface area contributed by atoms with Gasteiger partial charge < -0.3 is 4.74 Å². The van der Waals surface area contributed by atoms with Gasteiger partial charge in [-0.05, 0) is 0 Å². The van der Waals surface area contributed by atoms with Crippen LogP contribution in [-0.4, -0.2) is 23.9 Å². The zero-order chi connectivity index (χ0) is 17.3. The van der Waals surface area contributed by atoms with E-state index in [9.17, 15) is 18.5 Å². The van der Waals surface area contributed by atoms with Gasteiger partial charge in [0, 0.05) is 23.3 Å². The minimum atomic E-state index is -3.61. The van der Waals surface area contributed by atoms with Crippen LogP contribution in [0.2, 0.25) is 0 Å². The Balaban J connectivity index is 2.02. The molecule has 2 aromatic carbocycles. The molecule has 1 heterocycles. The van der Waals surface area contributed by atoms with Crippen molar-refractivity contribution >= 4 is 21.5 Å². The van der Waals surface area contributed by atoms with E-state index < -0.39 is 21.2 Å². The summed E-state index contributed by atoms with van der Waals surface area (Å²) in [6, 6.07) is 14.8. The number of sulfonamides is 1. The summed E-state index contributed by atoms with van der Waals surface area (Å²) in [5.74, 6) is 0.387. The van der Waals surface area contributed by atoms with Crippen molar-refractivity contribution in [2.24, 2.45) is 0 Å². The maximum Gasteiger partial charge on any atom is 0.269 e. The van der Waals surface area contributed by atoms with Crippen molar-refractivity contribution in [3.05, 3.63) is 82.0 Å². The predicted molar refractivity (Wildman–Crippen MR) is 88.0 cm³/mol. The maximum atomic E-state index is 12.1. The van der Waals surface area contributed by atoms with Crippen molar-refractivity contribution in [1.29, 1.82) is 0 Å². The molecule has 0 amide bonds. The monoisotopic (exact) mass is 346 g/mol. The Morgan fingerprint density at radius 2 is 1.83 bits per heavy atom. The Bertz CT molecular complexity index is 909. The number of nitro benzene ring substituents is 1. The quantitative estimate of drug-likeness (QED) is 0.627. The summed E-state index contributed by atoms with van der Waals surface area (Å²) in [7, 11) is -3.61. The first kappa shape index (κ1) is 16.0. The Hall–Kier alpha value is -2.87. The van der Waals surface area contributed by atoms with Gasteiger partial charge in [0.05, 0.1) is 17.4 Å². The van der Waals surface area contributed by atoms with Gasteiger partial charge in [-0.3, -0.25) is 10.1 Å². The first-order valence-corrected chi connectivity index (χ1v) is 8.88. The van der Waals surface area contributed by atoms with Crippen LogP contribution >= 0.6 is 0 Å². The smallest absolute Gasteiger partial charge is 0.269 e. The standard InChI is InChI=1S/C16H14N2O5S/c1-24(21,22)17-11-15(12-6-3-2-4-7-12)23-16(17)13-8-5-9-14(10-13)18(19)20/h2-11,16H,1H3/t16-/m1/s1. The first-order chi connectivity index (χ1) is 11.4. The molecule has 0 saturated heterocycles. The van der Waals surface area contributed by atoms with Crippen molar-refractivity contribution in [2.75, 3.05) is 6.26 Å². The minimum absolute atomic E-state index is 0.127. The van der Waals surface area contributed by atoms with E-state index in [1.165, 1.54) is 24.4 Å². The van der Waals surface area contributed by atoms with Crippen LogP contribution < -0.4 is 0 Å². The van der Waals surface area contributed by atoms with E-state index in [4.69, 9.17) is 4.74 Å². The molecule has 1 aliphatic rings. The van der Waals surface area contributed by atoms with Gasteiger partial charge in [0.25, 0.3) is 5.69 Å². The average molecular weight is 346 g/mol. The molecular weight excluding hydrogens is 332 g/mol. The fraction of sp³-hybridized carbons (Fsp3) is 0.125. The van der Waals surface area contributed by atoms with Crippen LogP contribution in [0.25, 0.3) is 5.76 Å². The third-order valence-electron chi connectivity index (χ3n) is 3.52. The SMILES string of the molecule is CS(=O)(=O)N1C=C(c2ccccc2)O[C@@H]1c1cccc([N+](=O)[O-])c1. The number of rotatable bonds is 4. The van der Waals surface area contributed by atoms with Gasteiger partial charge >= 0.3 is 0 Å². The largest absolute Gasteiger partial charge is 0.463 e. The number of non-ortho nitro benzene ring substituents is 1. The molecule has 3 rings (SSSR count). The fourth-order valence-corrected chi connectivity index (χ4v) is 3.21. The summed E-state index contributed by atoms with van der Waals surface area (Å²) in [6.07, 6.45) is 1.48. The van der Waals surface area contributed by atoms with Gasteiger partial charge in [0.2, 0.25) is 16.3 Å². The number of hydrogen-bond donors (Lipinski definition) is 0. The van der Waals surface area contributed by atoms with Gasteiger partial charge in [-0.2, -0.15) is 0 Å². The van der Waals surface area contributed by atoms with Gasteiger partial charge in [-0.25, -0.2) is 12.7 Å². The van der Waals surface area contributed by atoms with Crippen molar-refractivity contribution < 1.29 is 18.1 Å². The number of nitrogens with zero attached hydrogens (tertiary/aromatic N) is 2. The van der Waals surface area contributed by atoms with E-state index in [-0.39, 0.29) is 5.69 Å². The van der Waals surface area contributed by atoms with Crippen LogP contribution in [0.4, 0.5) is 5.69 Å². The highest BCUT2D eigenvalue weighted by Crippen LogP contribution is 2.38. The lowest BCUT2D eigenvalue weighted by atomic mass is 10.2. The van der Waals surface area contributed by atoms with Crippen LogP contribution in [0.15, 0.2) is 60.8 Å². The first-order valence-electron chi connectivity index (χ1n) is 7.03. The van der Waals surface area contributed by atoms with E-state index in [2.05, 4.69) is 0 Å². The van der Waals surface area contributed by atoms with Crippen LogP contribution in [0.1, 0.15) is 17.4 Å². The normalized spacial score (nSPS) is 17.3. The van der Waals surface area contributed by atoms with E-state index in [0.29, 0.717) is 11.3 Å². The molecule has 0 aromatic heterocycles. The summed E-state index contributed by atoms with van der Waals surface area (Å²) >= 11 is 0. The molecule has 7 nitrogen and oxygen atoms in total. The molecule has 0 bridgehead atoms. The molecule has 124 valence electrons. The zero-order valence-electron chi connectivity index (χ0n) is 12.7. The van der Waals surface area contributed by atoms with Crippen LogP contribution in [0.5, 0.6) is 0 Å². The molecule has 1 atom stereocenters. The van der Waals surface area contributed by atoms with Gasteiger partial charge in [-0.15, -0.1) is 0 Å². The molecule has 0 spiro atoms. The van der Waals surface area contributed by atoms with Crippen molar-refractivity contribution in [3.8, 4) is 0 Å². The number of ether oxygens (including phenoxy) is 1. The lowest BCUT2D eigenvalue weighted by Gasteiger charge is -2.22.